The molecule has 2 rings (SSSR count). The van der Waals surface area contributed by atoms with Gasteiger partial charge in [0.2, 0.25) is 0 Å². The van der Waals surface area contributed by atoms with Crippen LogP contribution < -0.4 is 5.32 Å². The van der Waals surface area contributed by atoms with Gasteiger partial charge in [0.15, 0.2) is 0 Å². The minimum absolute atomic E-state index is 0.0490. The van der Waals surface area contributed by atoms with Gasteiger partial charge in [-0.05, 0) is 63.0 Å². The normalized spacial score (nSPS) is 20.9. The Morgan fingerprint density at radius 1 is 1.33 bits per heavy atom. The highest BCUT2D eigenvalue weighted by Crippen LogP contribution is 2.23. The van der Waals surface area contributed by atoms with E-state index in [9.17, 15) is 8.78 Å². The Kier molecular flexibility index (Phi) is 6.08. The second-order valence-corrected chi connectivity index (χ2v) is 5.80. The zero-order valence-electron chi connectivity index (χ0n) is 12.5. The number of halogens is 2. The van der Waals surface area contributed by atoms with E-state index in [4.69, 9.17) is 5.11 Å². The van der Waals surface area contributed by atoms with E-state index in [1.165, 1.54) is 12.1 Å². The topological polar surface area (TPSA) is 35.5 Å². The van der Waals surface area contributed by atoms with Crippen molar-refractivity contribution < 1.29 is 13.9 Å². The number of nitrogens with one attached hydrogen (secondary N) is 1. The number of hydrogen-bond acceptors (Lipinski definition) is 3. The van der Waals surface area contributed by atoms with Crippen LogP contribution in [0.2, 0.25) is 0 Å². The van der Waals surface area contributed by atoms with Gasteiger partial charge < -0.3 is 15.3 Å². The van der Waals surface area contributed by atoms with Crippen molar-refractivity contribution >= 4 is 0 Å². The van der Waals surface area contributed by atoms with Gasteiger partial charge in [0.05, 0.1) is 0 Å². The van der Waals surface area contributed by atoms with Crippen molar-refractivity contribution in [1.82, 2.24) is 10.2 Å². The Morgan fingerprint density at radius 3 is 2.67 bits per heavy atom. The molecule has 2 unspecified atom stereocenters. The van der Waals surface area contributed by atoms with E-state index in [2.05, 4.69) is 10.2 Å². The predicted molar refractivity (Wildman–Crippen MR) is 79.0 cm³/mol. The molecule has 5 heteroatoms. The van der Waals surface area contributed by atoms with Gasteiger partial charge in [-0.15, -0.1) is 0 Å². The summed E-state index contributed by atoms with van der Waals surface area (Å²) >= 11 is 0. The molecule has 1 aromatic carbocycles. The lowest BCUT2D eigenvalue weighted by Crippen LogP contribution is -2.27. The Bertz CT molecular complexity index is 436. The summed E-state index contributed by atoms with van der Waals surface area (Å²) in [6.45, 7) is 3.19. The minimum Gasteiger partial charge on any atom is -0.396 e. The molecular formula is C16H24F2N2O. The van der Waals surface area contributed by atoms with Gasteiger partial charge in [-0.1, -0.05) is 0 Å². The van der Waals surface area contributed by atoms with Crippen LogP contribution in [0.4, 0.5) is 8.78 Å². The number of hydrogen-bond donors (Lipinski definition) is 2. The predicted octanol–water partition coefficient (Wildman–Crippen LogP) is 2.32. The summed E-state index contributed by atoms with van der Waals surface area (Å²) in [5.74, 6) is -0.487. The van der Waals surface area contributed by atoms with Gasteiger partial charge in [-0.2, -0.15) is 0 Å². The van der Waals surface area contributed by atoms with Gasteiger partial charge in [-0.25, -0.2) is 8.78 Å². The molecule has 118 valence electrons. The summed E-state index contributed by atoms with van der Waals surface area (Å²) < 4.78 is 26.6. The van der Waals surface area contributed by atoms with Gasteiger partial charge in [0.25, 0.3) is 0 Å². The van der Waals surface area contributed by atoms with Crippen LogP contribution in [0.25, 0.3) is 0 Å². The second kappa shape index (κ2) is 7.82. The monoisotopic (exact) mass is 298 g/mol. The number of rotatable bonds is 7. The number of benzene rings is 1. The highest BCUT2D eigenvalue weighted by atomic mass is 19.1. The molecule has 2 N–H and O–H groups in total. The summed E-state index contributed by atoms with van der Waals surface area (Å²) in [7, 11) is 1.81. The molecular weight excluding hydrogens is 274 g/mol. The molecule has 0 aliphatic carbocycles. The molecule has 1 aliphatic heterocycles. The van der Waals surface area contributed by atoms with Crippen LogP contribution in [-0.4, -0.2) is 43.3 Å². The van der Waals surface area contributed by atoms with E-state index in [0.29, 0.717) is 11.5 Å². The fourth-order valence-corrected chi connectivity index (χ4v) is 3.10. The third-order valence-electron chi connectivity index (χ3n) is 4.28. The first-order chi connectivity index (χ1) is 10.1. The molecule has 21 heavy (non-hydrogen) atoms. The van der Waals surface area contributed by atoms with Crippen LogP contribution in [0.3, 0.4) is 0 Å². The maximum atomic E-state index is 13.3. The van der Waals surface area contributed by atoms with E-state index in [-0.39, 0.29) is 12.6 Å². The van der Waals surface area contributed by atoms with Gasteiger partial charge >= 0.3 is 0 Å². The molecule has 0 radical (unpaired) electrons. The SMILES string of the molecule is CNC(CCN1CCC(CCO)C1)c1cc(F)cc(F)c1. The number of aliphatic hydroxyl groups excluding tert-OH is 1. The maximum absolute atomic E-state index is 13.3. The zero-order chi connectivity index (χ0) is 15.2. The van der Waals surface area contributed by atoms with Crippen molar-refractivity contribution in [1.29, 1.82) is 0 Å². The van der Waals surface area contributed by atoms with Crippen molar-refractivity contribution in [3.63, 3.8) is 0 Å². The van der Waals surface area contributed by atoms with Crippen molar-refractivity contribution in [2.75, 3.05) is 33.3 Å². The summed E-state index contributed by atoms with van der Waals surface area (Å²) in [5, 5.41) is 12.1. The van der Waals surface area contributed by atoms with E-state index >= 15 is 0 Å². The maximum Gasteiger partial charge on any atom is 0.126 e. The molecule has 1 aromatic rings. The second-order valence-electron chi connectivity index (χ2n) is 5.80. The summed E-state index contributed by atoms with van der Waals surface area (Å²) in [6.07, 6.45) is 2.80. The molecule has 1 aliphatic rings. The lowest BCUT2D eigenvalue weighted by Gasteiger charge is -2.21. The van der Waals surface area contributed by atoms with Gasteiger partial charge in [-0.3, -0.25) is 0 Å². The molecule has 0 amide bonds. The third-order valence-corrected chi connectivity index (χ3v) is 4.28. The highest BCUT2D eigenvalue weighted by molar-refractivity contribution is 5.21. The molecule has 1 heterocycles. The van der Waals surface area contributed by atoms with E-state index in [1.807, 2.05) is 7.05 Å². The Labute approximate surface area is 125 Å². The third kappa shape index (κ3) is 4.73. The summed E-state index contributed by atoms with van der Waals surface area (Å²) in [5.41, 5.74) is 0.654. The van der Waals surface area contributed by atoms with E-state index in [0.717, 1.165) is 45.0 Å². The van der Waals surface area contributed by atoms with Gasteiger partial charge in [0, 0.05) is 25.3 Å². The average Bonchev–Trinajstić information content (AvgIpc) is 2.86. The molecule has 0 aromatic heterocycles. The highest BCUT2D eigenvalue weighted by Gasteiger charge is 2.22. The molecule has 0 saturated carbocycles. The Hall–Kier alpha value is -1.04. The number of likely N-dealkylation sites (tertiary alicyclic amines) is 1. The summed E-state index contributed by atoms with van der Waals surface area (Å²) in [4.78, 5) is 2.36. The quantitative estimate of drug-likeness (QED) is 0.811. The molecule has 1 saturated heterocycles. The largest absolute Gasteiger partial charge is 0.396 e. The van der Waals surface area contributed by atoms with Crippen molar-refractivity contribution in [2.24, 2.45) is 5.92 Å². The average molecular weight is 298 g/mol. The van der Waals surface area contributed by atoms with Gasteiger partial charge in [0.1, 0.15) is 11.6 Å². The molecule has 0 spiro atoms. The molecule has 1 fully saturated rings. The zero-order valence-corrected chi connectivity index (χ0v) is 12.5. The van der Waals surface area contributed by atoms with E-state index in [1.54, 1.807) is 0 Å². The molecule has 2 atom stereocenters. The molecule has 0 bridgehead atoms. The standard InChI is InChI=1S/C16H24F2N2O/c1-19-16(13-8-14(17)10-15(18)9-13)3-6-20-5-2-12(11-20)4-7-21/h8-10,12,16,19,21H,2-7,11H2,1H3. The molecule has 3 nitrogen and oxygen atoms in total. The fraction of sp³-hybridized carbons (Fsp3) is 0.625. The number of aliphatic hydroxyl groups is 1. The fourth-order valence-electron chi connectivity index (χ4n) is 3.10. The lowest BCUT2D eigenvalue weighted by atomic mass is 10.0. The lowest BCUT2D eigenvalue weighted by molar-refractivity contribution is 0.248. The number of nitrogens with zero attached hydrogens (tertiary/aromatic N) is 1. The van der Waals surface area contributed by atoms with Crippen molar-refractivity contribution in [3.8, 4) is 0 Å². The van der Waals surface area contributed by atoms with Crippen LogP contribution >= 0.6 is 0 Å². The summed E-state index contributed by atoms with van der Waals surface area (Å²) in [6, 6.07) is 3.63. The van der Waals surface area contributed by atoms with Crippen molar-refractivity contribution in [2.45, 2.75) is 25.3 Å². The first kappa shape index (κ1) is 16.3. The van der Waals surface area contributed by atoms with Crippen LogP contribution in [0.5, 0.6) is 0 Å². The minimum atomic E-state index is -0.533. The van der Waals surface area contributed by atoms with Crippen LogP contribution in [0, 0.1) is 17.6 Å². The smallest absolute Gasteiger partial charge is 0.126 e. The van der Waals surface area contributed by atoms with Crippen LogP contribution in [-0.2, 0) is 0 Å². The first-order valence-electron chi connectivity index (χ1n) is 7.59. The van der Waals surface area contributed by atoms with Crippen LogP contribution in [0.15, 0.2) is 18.2 Å². The van der Waals surface area contributed by atoms with E-state index < -0.39 is 11.6 Å². The van der Waals surface area contributed by atoms with Crippen LogP contribution in [0.1, 0.15) is 30.9 Å². The Balaban J connectivity index is 1.88. The first-order valence-corrected chi connectivity index (χ1v) is 7.59. The Morgan fingerprint density at radius 2 is 2.05 bits per heavy atom. The van der Waals surface area contributed by atoms with Crippen molar-refractivity contribution in [3.05, 3.63) is 35.4 Å².